The fourth-order valence-corrected chi connectivity index (χ4v) is 5.72. The summed E-state index contributed by atoms with van der Waals surface area (Å²) in [6.07, 6.45) is 0.655. The quantitative estimate of drug-likeness (QED) is 0.0873. The van der Waals surface area contributed by atoms with Gasteiger partial charge in [-0.05, 0) is 54.4 Å². The Morgan fingerprint density at radius 1 is 1.00 bits per heavy atom. The lowest BCUT2D eigenvalue weighted by molar-refractivity contribution is -0.384. The molecule has 0 aliphatic rings. The molecule has 228 valence electrons. The molecule has 0 fully saturated rings. The van der Waals surface area contributed by atoms with Crippen LogP contribution < -0.4 is 20.7 Å². The summed E-state index contributed by atoms with van der Waals surface area (Å²) in [6.45, 7) is 5.44. The maximum absolute atomic E-state index is 12.9. The van der Waals surface area contributed by atoms with Crippen LogP contribution in [0.2, 0.25) is 0 Å². The Labute approximate surface area is 254 Å². The second kappa shape index (κ2) is 15.2. The number of anilines is 2. The predicted octanol–water partition coefficient (Wildman–Crippen LogP) is 4.41. The molecule has 3 rings (SSSR count). The number of nitro groups is 1. The first-order valence-corrected chi connectivity index (χ1v) is 15.8. The SMILES string of the molecule is CC[C@H](C)[C@H](NC(C)=O)C(=O)Nc1ccc(C(=O)NS(=O)(=O)c2ccc(NCCSc3ccccc3)c([N+](=O)[O-])c2)cc1. The van der Waals surface area contributed by atoms with Crippen LogP contribution in [0.4, 0.5) is 17.1 Å². The molecule has 0 unspecified atom stereocenters. The minimum Gasteiger partial charge on any atom is -0.379 e. The number of carbonyl (C=O) groups is 3. The van der Waals surface area contributed by atoms with E-state index in [2.05, 4.69) is 16.0 Å². The highest BCUT2D eigenvalue weighted by Gasteiger charge is 2.26. The van der Waals surface area contributed by atoms with Crippen molar-refractivity contribution in [3.05, 3.63) is 88.5 Å². The van der Waals surface area contributed by atoms with E-state index in [1.165, 1.54) is 43.3 Å². The lowest BCUT2D eigenvalue weighted by Crippen LogP contribution is -2.46. The molecule has 0 radical (unpaired) electrons. The highest BCUT2D eigenvalue weighted by molar-refractivity contribution is 7.99. The molecule has 0 heterocycles. The second-order valence-corrected chi connectivity index (χ2v) is 12.4. The normalized spacial score (nSPS) is 12.4. The highest BCUT2D eigenvalue weighted by Crippen LogP contribution is 2.28. The van der Waals surface area contributed by atoms with Gasteiger partial charge in [-0.25, -0.2) is 13.1 Å². The molecule has 0 saturated heterocycles. The van der Waals surface area contributed by atoms with Crippen molar-refractivity contribution in [2.75, 3.05) is 22.9 Å². The summed E-state index contributed by atoms with van der Waals surface area (Å²) in [6, 6.07) is 17.7. The Bertz CT molecular complexity index is 1570. The van der Waals surface area contributed by atoms with E-state index >= 15 is 0 Å². The molecule has 4 N–H and O–H groups in total. The van der Waals surface area contributed by atoms with Gasteiger partial charge in [-0.1, -0.05) is 38.5 Å². The molecular weight excluding hydrogens is 594 g/mol. The van der Waals surface area contributed by atoms with Crippen LogP contribution in [0.5, 0.6) is 0 Å². The van der Waals surface area contributed by atoms with E-state index < -0.39 is 43.4 Å². The first-order chi connectivity index (χ1) is 20.4. The van der Waals surface area contributed by atoms with Gasteiger partial charge in [0.15, 0.2) is 0 Å². The van der Waals surface area contributed by atoms with Crippen LogP contribution in [0.3, 0.4) is 0 Å². The highest BCUT2D eigenvalue weighted by atomic mass is 32.2. The van der Waals surface area contributed by atoms with E-state index in [0.29, 0.717) is 24.4 Å². The minimum atomic E-state index is -4.45. The number of hydrogen-bond donors (Lipinski definition) is 4. The zero-order chi connectivity index (χ0) is 31.6. The van der Waals surface area contributed by atoms with Gasteiger partial charge in [0.05, 0.1) is 9.82 Å². The summed E-state index contributed by atoms with van der Waals surface area (Å²) >= 11 is 1.56. The Balaban J connectivity index is 1.65. The van der Waals surface area contributed by atoms with Gasteiger partial charge in [0.2, 0.25) is 11.8 Å². The summed E-state index contributed by atoms with van der Waals surface area (Å²) in [7, 11) is -4.45. The third-order valence-electron chi connectivity index (χ3n) is 6.40. The van der Waals surface area contributed by atoms with Crippen LogP contribution >= 0.6 is 11.8 Å². The third kappa shape index (κ3) is 9.54. The van der Waals surface area contributed by atoms with Crippen LogP contribution in [-0.2, 0) is 19.6 Å². The van der Waals surface area contributed by atoms with Crippen molar-refractivity contribution in [3.8, 4) is 0 Å². The zero-order valence-electron chi connectivity index (χ0n) is 23.8. The van der Waals surface area contributed by atoms with Gasteiger partial charge in [0, 0.05) is 41.4 Å². The van der Waals surface area contributed by atoms with Crippen molar-refractivity contribution in [2.45, 2.75) is 43.0 Å². The van der Waals surface area contributed by atoms with E-state index in [4.69, 9.17) is 0 Å². The maximum atomic E-state index is 12.9. The lowest BCUT2D eigenvalue weighted by Gasteiger charge is -2.22. The average Bonchev–Trinajstić information content (AvgIpc) is 2.98. The van der Waals surface area contributed by atoms with Gasteiger partial charge >= 0.3 is 0 Å². The van der Waals surface area contributed by atoms with Crippen molar-refractivity contribution in [1.82, 2.24) is 10.0 Å². The molecule has 0 spiro atoms. The summed E-state index contributed by atoms with van der Waals surface area (Å²) in [5, 5.41) is 19.9. The van der Waals surface area contributed by atoms with Gasteiger partial charge in [0.1, 0.15) is 11.7 Å². The molecule has 0 saturated carbocycles. The standard InChI is InChI=1S/C29H33N5O7S2/c1-4-19(2)27(31-20(3)35)29(37)32-22-12-10-21(11-13-22)28(36)33-43(40,41)24-14-15-25(26(18-24)34(38)39)30-16-17-42-23-8-6-5-7-9-23/h5-15,18-19,27,30H,4,16-17H2,1-3H3,(H,31,35)(H,32,37)(H,33,36)/t19-,27-/m0/s1. The van der Waals surface area contributed by atoms with E-state index in [1.54, 1.807) is 11.8 Å². The average molecular weight is 628 g/mol. The number of amides is 3. The molecule has 2 atom stereocenters. The van der Waals surface area contributed by atoms with Crippen LogP contribution in [0, 0.1) is 16.0 Å². The largest absolute Gasteiger partial charge is 0.379 e. The molecule has 3 amide bonds. The molecule has 12 nitrogen and oxygen atoms in total. The van der Waals surface area contributed by atoms with Crippen LogP contribution in [0.15, 0.2) is 82.6 Å². The van der Waals surface area contributed by atoms with E-state index in [0.717, 1.165) is 11.0 Å². The van der Waals surface area contributed by atoms with Crippen LogP contribution in [0.25, 0.3) is 0 Å². The van der Waals surface area contributed by atoms with E-state index in [1.807, 2.05) is 48.9 Å². The Hall–Kier alpha value is -4.43. The van der Waals surface area contributed by atoms with Gasteiger partial charge in [0.25, 0.3) is 21.6 Å². The number of nitrogens with one attached hydrogen (secondary N) is 4. The van der Waals surface area contributed by atoms with Crippen molar-refractivity contribution in [2.24, 2.45) is 5.92 Å². The Morgan fingerprint density at radius 2 is 1.67 bits per heavy atom. The molecule has 0 aliphatic heterocycles. The van der Waals surface area contributed by atoms with Gasteiger partial charge in [-0.15, -0.1) is 11.8 Å². The first-order valence-electron chi connectivity index (χ1n) is 13.4. The van der Waals surface area contributed by atoms with E-state index in [9.17, 15) is 32.9 Å². The molecule has 0 aliphatic carbocycles. The van der Waals surface area contributed by atoms with Gasteiger partial charge in [-0.3, -0.25) is 24.5 Å². The van der Waals surface area contributed by atoms with Gasteiger partial charge in [-0.2, -0.15) is 0 Å². The Morgan fingerprint density at radius 3 is 2.28 bits per heavy atom. The fraction of sp³-hybridized carbons (Fsp3) is 0.276. The zero-order valence-corrected chi connectivity index (χ0v) is 25.5. The van der Waals surface area contributed by atoms with Crippen LogP contribution in [0.1, 0.15) is 37.6 Å². The van der Waals surface area contributed by atoms with Crippen LogP contribution in [-0.4, -0.2) is 49.4 Å². The fourth-order valence-electron chi connectivity index (χ4n) is 3.94. The summed E-state index contributed by atoms with van der Waals surface area (Å²) in [5.41, 5.74) is 0.0142. The number of hydrogen-bond acceptors (Lipinski definition) is 9. The first kappa shape index (κ1) is 33.1. The molecule has 43 heavy (non-hydrogen) atoms. The minimum absolute atomic E-state index is 0.0226. The van der Waals surface area contributed by atoms with Crippen molar-refractivity contribution < 1.29 is 27.7 Å². The number of thioether (sulfide) groups is 1. The van der Waals surface area contributed by atoms with E-state index in [-0.39, 0.29) is 23.1 Å². The topological polar surface area (TPSA) is 177 Å². The van der Waals surface area contributed by atoms with Crippen molar-refractivity contribution in [3.63, 3.8) is 0 Å². The number of benzene rings is 3. The Kier molecular flexibility index (Phi) is 11.7. The molecule has 3 aromatic carbocycles. The molecule has 3 aromatic rings. The number of rotatable bonds is 14. The second-order valence-electron chi connectivity index (χ2n) is 9.59. The number of nitrogens with zero attached hydrogens (tertiary/aromatic N) is 1. The summed E-state index contributed by atoms with van der Waals surface area (Å²) in [4.78, 5) is 48.5. The van der Waals surface area contributed by atoms with Gasteiger partial charge < -0.3 is 16.0 Å². The monoisotopic (exact) mass is 627 g/mol. The summed E-state index contributed by atoms with van der Waals surface area (Å²) < 4.78 is 27.8. The van der Waals surface area contributed by atoms with Crippen molar-refractivity contribution in [1.29, 1.82) is 0 Å². The lowest BCUT2D eigenvalue weighted by atomic mass is 9.98. The molecule has 14 heteroatoms. The molecular formula is C29H33N5O7S2. The number of carbonyl (C=O) groups excluding carboxylic acids is 3. The summed E-state index contributed by atoms with van der Waals surface area (Å²) in [5.74, 6) is -1.25. The number of nitro benzene ring substituents is 1. The maximum Gasteiger partial charge on any atom is 0.293 e. The predicted molar refractivity (Wildman–Crippen MR) is 166 cm³/mol. The molecule has 0 aromatic heterocycles. The third-order valence-corrected chi connectivity index (χ3v) is 8.74. The molecule has 0 bridgehead atoms. The number of sulfonamides is 1. The van der Waals surface area contributed by atoms with Crippen molar-refractivity contribution >= 4 is 56.6 Å². The smallest absolute Gasteiger partial charge is 0.293 e.